The first-order chi connectivity index (χ1) is 11.4. The van der Waals surface area contributed by atoms with Gasteiger partial charge in [-0.05, 0) is 37.5 Å². The Kier molecular flexibility index (Phi) is 7.91. The molecule has 0 atom stereocenters. The number of ether oxygens (including phenoxy) is 2. The number of carbonyl (C=O) groups excluding carboxylic acids is 1. The minimum atomic E-state index is -2.92. The van der Waals surface area contributed by atoms with Crippen molar-refractivity contribution in [2.24, 2.45) is 11.1 Å². The SMILES string of the molecule is CCOc1cc(CNC(=O)C(CC)(CC)CN)ccc1OC(F)F. The summed E-state index contributed by atoms with van der Waals surface area (Å²) in [6.45, 7) is 3.54. The second-order valence-electron chi connectivity index (χ2n) is 5.47. The van der Waals surface area contributed by atoms with Crippen molar-refractivity contribution in [3.63, 3.8) is 0 Å². The van der Waals surface area contributed by atoms with E-state index in [2.05, 4.69) is 10.1 Å². The molecular formula is C17H26F2N2O3. The van der Waals surface area contributed by atoms with E-state index in [1.54, 1.807) is 19.1 Å². The van der Waals surface area contributed by atoms with Gasteiger partial charge in [-0.1, -0.05) is 19.9 Å². The van der Waals surface area contributed by atoms with Crippen molar-refractivity contribution in [3.05, 3.63) is 23.8 Å². The molecule has 0 aliphatic rings. The van der Waals surface area contributed by atoms with Gasteiger partial charge in [0, 0.05) is 13.1 Å². The van der Waals surface area contributed by atoms with E-state index in [4.69, 9.17) is 10.5 Å². The molecule has 0 saturated heterocycles. The van der Waals surface area contributed by atoms with Crippen LogP contribution in [0.15, 0.2) is 18.2 Å². The molecule has 0 bridgehead atoms. The lowest BCUT2D eigenvalue weighted by atomic mass is 9.81. The molecule has 1 rings (SSSR count). The Morgan fingerprint density at radius 3 is 2.42 bits per heavy atom. The van der Waals surface area contributed by atoms with Crippen LogP contribution in [0.5, 0.6) is 11.5 Å². The molecule has 1 aromatic rings. The van der Waals surface area contributed by atoms with Gasteiger partial charge in [0.1, 0.15) is 0 Å². The molecule has 0 saturated carbocycles. The molecule has 0 fully saturated rings. The van der Waals surface area contributed by atoms with Crippen LogP contribution in [0.3, 0.4) is 0 Å². The van der Waals surface area contributed by atoms with Crippen molar-refractivity contribution in [2.75, 3.05) is 13.2 Å². The molecule has 0 spiro atoms. The predicted octanol–water partition coefficient (Wildman–Crippen LogP) is 3.07. The van der Waals surface area contributed by atoms with Crippen LogP contribution in [0.4, 0.5) is 8.78 Å². The van der Waals surface area contributed by atoms with Crippen LogP contribution < -0.4 is 20.5 Å². The van der Waals surface area contributed by atoms with Crippen LogP contribution in [0.25, 0.3) is 0 Å². The highest BCUT2D eigenvalue weighted by molar-refractivity contribution is 5.82. The average molecular weight is 344 g/mol. The lowest BCUT2D eigenvalue weighted by molar-refractivity contribution is -0.131. The number of amides is 1. The first-order valence-electron chi connectivity index (χ1n) is 8.11. The number of nitrogens with one attached hydrogen (secondary N) is 1. The van der Waals surface area contributed by atoms with Gasteiger partial charge in [0.05, 0.1) is 12.0 Å². The maximum absolute atomic E-state index is 12.4. The van der Waals surface area contributed by atoms with Crippen molar-refractivity contribution >= 4 is 5.91 Å². The number of carbonyl (C=O) groups is 1. The standard InChI is InChI=1S/C17H26F2N2O3/c1-4-17(5-2,11-20)15(22)21-10-12-7-8-13(24-16(18)19)14(9-12)23-6-3/h7-9,16H,4-6,10-11,20H2,1-3H3,(H,21,22). The summed E-state index contributed by atoms with van der Waals surface area (Å²) < 4.78 is 34.5. The van der Waals surface area contributed by atoms with Gasteiger partial charge in [-0.2, -0.15) is 8.78 Å². The zero-order valence-corrected chi connectivity index (χ0v) is 14.4. The number of hydrogen-bond donors (Lipinski definition) is 2. The molecule has 3 N–H and O–H groups in total. The summed E-state index contributed by atoms with van der Waals surface area (Å²) in [6, 6.07) is 4.61. The third-order valence-corrected chi connectivity index (χ3v) is 4.20. The summed E-state index contributed by atoms with van der Waals surface area (Å²) in [7, 11) is 0. The summed E-state index contributed by atoms with van der Waals surface area (Å²) in [5, 5.41) is 2.86. The number of hydrogen-bond acceptors (Lipinski definition) is 4. The molecule has 0 aliphatic heterocycles. The predicted molar refractivity (Wildman–Crippen MR) is 88.2 cm³/mol. The largest absolute Gasteiger partial charge is 0.490 e. The molecule has 1 aromatic carbocycles. The Hall–Kier alpha value is -1.89. The quantitative estimate of drug-likeness (QED) is 0.684. The van der Waals surface area contributed by atoms with Crippen molar-refractivity contribution in [3.8, 4) is 11.5 Å². The first kappa shape index (κ1) is 20.2. The Morgan fingerprint density at radius 1 is 1.25 bits per heavy atom. The number of nitrogens with two attached hydrogens (primary N) is 1. The number of halogens is 2. The van der Waals surface area contributed by atoms with E-state index in [1.807, 2.05) is 13.8 Å². The molecule has 24 heavy (non-hydrogen) atoms. The Balaban J connectivity index is 2.84. The number of benzene rings is 1. The summed E-state index contributed by atoms with van der Waals surface area (Å²) in [6.07, 6.45) is 1.30. The zero-order valence-electron chi connectivity index (χ0n) is 14.4. The van der Waals surface area contributed by atoms with Gasteiger partial charge in [0.25, 0.3) is 0 Å². The average Bonchev–Trinajstić information content (AvgIpc) is 2.57. The molecule has 0 aromatic heterocycles. The van der Waals surface area contributed by atoms with Crippen LogP contribution in [0.1, 0.15) is 39.2 Å². The summed E-state index contributed by atoms with van der Waals surface area (Å²) in [5.74, 6) is 0.0850. The van der Waals surface area contributed by atoms with Crippen molar-refractivity contribution in [1.29, 1.82) is 0 Å². The third kappa shape index (κ3) is 5.06. The normalized spacial score (nSPS) is 11.5. The van der Waals surface area contributed by atoms with Crippen LogP contribution in [0.2, 0.25) is 0 Å². The highest BCUT2D eigenvalue weighted by Gasteiger charge is 2.32. The van der Waals surface area contributed by atoms with Gasteiger partial charge in [-0.15, -0.1) is 0 Å². The second-order valence-corrected chi connectivity index (χ2v) is 5.47. The van der Waals surface area contributed by atoms with E-state index < -0.39 is 12.0 Å². The van der Waals surface area contributed by atoms with Crippen LogP contribution in [-0.4, -0.2) is 25.7 Å². The fourth-order valence-corrected chi connectivity index (χ4v) is 2.45. The van der Waals surface area contributed by atoms with E-state index in [-0.39, 0.29) is 30.5 Å². The molecule has 1 amide bonds. The van der Waals surface area contributed by atoms with E-state index >= 15 is 0 Å². The monoisotopic (exact) mass is 344 g/mol. The van der Waals surface area contributed by atoms with E-state index in [9.17, 15) is 13.6 Å². The molecule has 5 nitrogen and oxygen atoms in total. The van der Waals surface area contributed by atoms with Crippen LogP contribution >= 0.6 is 0 Å². The van der Waals surface area contributed by atoms with Gasteiger partial charge in [0.2, 0.25) is 5.91 Å². The maximum atomic E-state index is 12.4. The smallest absolute Gasteiger partial charge is 0.387 e. The first-order valence-corrected chi connectivity index (χ1v) is 8.11. The number of rotatable bonds is 10. The maximum Gasteiger partial charge on any atom is 0.387 e. The van der Waals surface area contributed by atoms with E-state index in [0.29, 0.717) is 19.4 Å². The van der Waals surface area contributed by atoms with Crippen molar-refractivity contribution in [2.45, 2.75) is 46.8 Å². The minimum Gasteiger partial charge on any atom is -0.490 e. The van der Waals surface area contributed by atoms with Gasteiger partial charge in [0.15, 0.2) is 11.5 Å². The lowest BCUT2D eigenvalue weighted by Crippen LogP contribution is -2.45. The van der Waals surface area contributed by atoms with Gasteiger partial charge in [-0.3, -0.25) is 4.79 Å². The lowest BCUT2D eigenvalue weighted by Gasteiger charge is -2.28. The van der Waals surface area contributed by atoms with Gasteiger partial charge >= 0.3 is 6.61 Å². The third-order valence-electron chi connectivity index (χ3n) is 4.20. The topological polar surface area (TPSA) is 73.6 Å². The molecule has 0 unspecified atom stereocenters. The molecule has 0 heterocycles. The van der Waals surface area contributed by atoms with Gasteiger partial charge in [-0.25, -0.2) is 0 Å². The molecule has 0 radical (unpaired) electrons. The van der Waals surface area contributed by atoms with Crippen LogP contribution in [-0.2, 0) is 11.3 Å². The molecule has 7 heteroatoms. The summed E-state index contributed by atoms with van der Waals surface area (Å²) in [5.41, 5.74) is 5.91. The van der Waals surface area contributed by atoms with Crippen molar-refractivity contribution < 1.29 is 23.0 Å². The molecule has 136 valence electrons. The summed E-state index contributed by atoms with van der Waals surface area (Å²) >= 11 is 0. The van der Waals surface area contributed by atoms with Crippen LogP contribution in [0, 0.1) is 5.41 Å². The molecular weight excluding hydrogens is 318 g/mol. The zero-order chi connectivity index (χ0) is 18.2. The molecule has 0 aliphatic carbocycles. The fraction of sp³-hybridized carbons (Fsp3) is 0.588. The fourth-order valence-electron chi connectivity index (χ4n) is 2.45. The number of alkyl halides is 2. The highest BCUT2D eigenvalue weighted by atomic mass is 19.3. The summed E-state index contributed by atoms with van der Waals surface area (Å²) in [4.78, 5) is 12.4. The van der Waals surface area contributed by atoms with E-state index in [1.165, 1.54) is 6.07 Å². The highest BCUT2D eigenvalue weighted by Crippen LogP contribution is 2.30. The van der Waals surface area contributed by atoms with E-state index in [0.717, 1.165) is 5.56 Å². The Labute approximate surface area is 141 Å². The Bertz CT molecular complexity index is 526. The van der Waals surface area contributed by atoms with Gasteiger partial charge < -0.3 is 20.5 Å². The van der Waals surface area contributed by atoms with Crippen molar-refractivity contribution in [1.82, 2.24) is 5.32 Å². The second kappa shape index (κ2) is 9.42. The minimum absolute atomic E-state index is 0.0275. The Morgan fingerprint density at radius 2 is 1.92 bits per heavy atom.